The van der Waals surface area contributed by atoms with Crippen molar-refractivity contribution in [1.29, 1.82) is 0 Å². The molecule has 0 bridgehead atoms. The van der Waals surface area contributed by atoms with Crippen LogP contribution in [0.1, 0.15) is 41.9 Å². The standard InChI is InChI=1S/C27H29N3O2S/c31-27-25-21-11-3-4-13-23(21)33-26(25)28-24(18-29-14-5-6-15-29)30(27)16-17-32-22-12-7-9-19-8-1-2-10-20(19)22/h1-2,7-10,12H,3-6,11,13-18H2. The number of likely N-dealkylation sites (tertiary alicyclic amines) is 1. The Hall–Kier alpha value is -2.70. The quantitative estimate of drug-likeness (QED) is 0.399. The molecule has 6 rings (SSSR count). The fraction of sp³-hybridized carbons (Fsp3) is 0.407. The SMILES string of the molecule is O=c1c2c3c(sc2nc(CN2CCCC2)n1CCOc1cccc2ccccc12)CCCC3. The minimum Gasteiger partial charge on any atom is -0.491 e. The summed E-state index contributed by atoms with van der Waals surface area (Å²) in [5.41, 5.74) is 1.38. The number of aryl methyl sites for hydroxylation is 2. The van der Waals surface area contributed by atoms with Crippen LogP contribution in [0.4, 0.5) is 0 Å². The van der Waals surface area contributed by atoms with Gasteiger partial charge in [0.2, 0.25) is 0 Å². The topological polar surface area (TPSA) is 47.4 Å². The van der Waals surface area contributed by atoms with Crippen LogP contribution in [0.25, 0.3) is 21.0 Å². The highest BCUT2D eigenvalue weighted by atomic mass is 32.1. The second kappa shape index (κ2) is 8.92. The molecule has 2 aromatic heterocycles. The lowest BCUT2D eigenvalue weighted by atomic mass is 9.97. The molecule has 1 aliphatic carbocycles. The van der Waals surface area contributed by atoms with E-state index in [4.69, 9.17) is 9.72 Å². The zero-order valence-electron chi connectivity index (χ0n) is 18.9. The number of benzene rings is 2. The third-order valence-corrected chi connectivity index (χ3v) is 8.23. The molecular formula is C27H29N3O2S. The molecule has 0 radical (unpaired) electrons. The maximum Gasteiger partial charge on any atom is 0.262 e. The lowest BCUT2D eigenvalue weighted by Gasteiger charge is -2.19. The first-order valence-electron chi connectivity index (χ1n) is 12.1. The monoisotopic (exact) mass is 459 g/mol. The number of ether oxygens (including phenoxy) is 1. The molecule has 1 saturated heterocycles. The summed E-state index contributed by atoms with van der Waals surface area (Å²) in [6, 6.07) is 14.4. The van der Waals surface area contributed by atoms with E-state index in [1.54, 1.807) is 11.3 Å². The second-order valence-electron chi connectivity index (χ2n) is 9.18. The van der Waals surface area contributed by atoms with E-state index in [2.05, 4.69) is 23.1 Å². The van der Waals surface area contributed by atoms with Gasteiger partial charge in [0, 0.05) is 10.3 Å². The molecule has 0 N–H and O–H groups in total. The van der Waals surface area contributed by atoms with Crippen molar-refractivity contribution < 1.29 is 4.74 Å². The zero-order chi connectivity index (χ0) is 22.2. The summed E-state index contributed by atoms with van der Waals surface area (Å²) >= 11 is 1.74. The Morgan fingerprint density at radius 3 is 2.70 bits per heavy atom. The molecule has 33 heavy (non-hydrogen) atoms. The van der Waals surface area contributed by atoms with Gasteiger partial charge in [0.1, 0.15) is 23.0 Å². The average molecular weight is 460 g/mol. The van der Waals surface area contributed by atoms with Gasteiger partial charge >= 0.3 is 0 Å². The number of fused-ring (bicyclic) bond motifs is 4. The van der Waals surface area contributed by atoms with Gasteiger partial charge in [-0.2, -0.15) is 0 Å². The van der Waals surface area contributed by atoms with E-state index in [0.29, 0.717) is 13.2 Å². The molecule has 4 aromatic rings. The van der Waals surface area contributed by atoms with Gasteiger partial charge in [0.05, 0.1) is 18.5 Å². The summed E-state index contributed by atoms with van der Waals surface area (Å²) in [5, 5.41) is 3.13. The average Bonchev–Trinajstić information content (AvgIpc) is 3.48. The van der Waals surface area contributed by atoms with E-state index in [-0.39, 0.29) is 5.56 Å². The van der Waals surface area contributed by atoms with Gasteiger partial charge in [-0.1, -0.05) is 36.4 Å². The predicted octanol–water partition coefficient (Wildman–Crippen LogP) is 5.16. The summed E-state index contributed by atoms with van der Waals surface area (Å²) in [7, 11) is 0. The predicted molar refractivity (Wildman–Crippen MR) is 134 cm³/mol. The molecule has 1 aliphatic heterocycles. The maximum absolute atomic E-state index is 13.8. The number of rotatable bonds is 6. The zero-order valence-corrected chi connectivity index (χ0v) is 19.7. The molecule has 170 valence electrons. The van der Waals surface area contributed by atoms with Crippen molar-refractivity contribution in [2.75, 3.05) is 19.7 Å². The van der Waals surface area contributed by atoms with Crippen LogP contribution in [0.5, 0.6) is 5.75 Å². The van der Waals surface area contributed by atoms with E-state index in [9.17, 15) is 4.79 Å². The Labute approximate surface area is 197 Å². The van der Waals surface area contributed by atoms with Crippen LogP contribution in [0.3, 0.4) is 0 Å². The molecule has 6 heteroatoms. The third kappa shape index (κ3) is 3.96. The van der Waals surface area contributed by atoms with Crippen LogP contribution in [-0.2, 0) is 25.9 Å². The summed E-state index contributed by atoms with van der Waals surface area (Å²) in [5.74, 6) is 1.75. The van der Waals surface area contributed by atoms with Crippen LogP contribution in [0.2, 0.25) is 0 Å². The first kappa shape index (κ1) is 20.9. The van der Waals surface area contributed by atoms with Crippen molar-refractivity contribution in [3.05, 3.63) is 69.1 Å². The number of nitrogens with zero attached hydrogens (tertiary/aromatic N) is 3. The Kier molecular flexibility index (Phi) is 5.64. The summed E-state index contributed by atoms with van der Waals surface area (Å²) in [4.78, 5) is 23.6. The molecular weight excluding hydrogens is 430 g/mol. The van der Waals surface area contributed by atoms with Gasteiger partial charge in [-0.05, 0) is 68.6 Å². The van der Waals surface area contributed by atoms with Crippen molar-refractivity contribution in [3.63, 3.8) is 0 Å². The molecule has 0 spiro atoms. The second-order valence-corrected chi connectivity index (χ2v) is 10.3. The van der Waals surface area contributed by atoms with Crippen molar-refractivity contribution in [3.8, 4) is 5.75 Å². The summed E-state index contributed by atoms with van der Waals surface area (Å²) < 4.78 is 8.11. The molecule has 1 fully saturated rings. The number of aromatic nitrogens is 2. The molecule has 0 amide bonds. The minimum atomic E-state index is 0.120. The lowest BCUT2D eigenvalue weighted by molar-refractivity contribution is 0.281. The van der Waals surface area contributed by atoms with Gasteiger partial charge < -0.3 is 4.74 Å². The Bertz CT molecular complexity index is 1360. The fourth-order valence-corrected chi connectivity index (χ4v) is 6.61. The first-order chi connectivity index (χ1) is 16.3. The van der Waals surface area contributed by atoms with Crippen LogP contribution in [-0.4, -0.2) is 34.1 Å². The van der Waals surface area contributed by atoms with Gasteiger partial charge in [0.25, 0.3) is 5.56 Å². The summed E-state index contributed by atoms with van der Waals surface area (Å²) in [6.07, 6.45) is 6.92. The first-order valence-corrected chi connectivity index (χ1v) is 13.0. The lowest BCUT2D eigenvalue weighted by Crippen LogP contribution is -2.31. The van der Waals surface area contributed by atoms with E-state index in [1.165, 1.54) is 29.7 Å². The largest absolute Gasteiger partial charge is 0.491 e. The third-order valence-electron chi connectivity index (χ3n) is 7.04. The molecule has 0 unspecified atom stereocenters. The normalized spacial score (nSPS) is 16.5. The van der Waals surface area contributed by atoms with Crippen LogP contribution < -0.4 is 10.3 Å². The highest BCUT2D eigenvalue weighted by Gasteiger charge is 2.23. The van der Waals surface area contributed by atoms with Crippen molar-refractivity contribution in [2.24, 2.45) is 0 Å². The highest BCUT2D eigenvalue weighted by molar-refractivity contribution is 7.18. The van der Waals surface area contributed by atoms with Crippen molar-refractivity contribution >= 4 is 32.3 Å². The Balaban J connectivity index is 1.34. The van der Waals surface area contributed by atoms with Crippen LogP contribution in [0.15, 0.2) is 47.3 Å². The van der Waals surface area contributed by atoms with Gasteiger partial charge in [-0.15, -0.1) is 11.3 Å². The molecule has 3 heterocycles. The van der Waals surface area contributed by atoms with Gasteiger partial charge in [-0.25, -0.2) is 4.98 Å². The van der Waals surface area contributed by atoms with Crippen LogP contribution in [0, 0.1) is 0 Å². The van der Waals surface area contributed by atoms with E-state index >= 15 is 0 Å². The Morgan fingerprint density at radius 1 is 0.970 bits per heavy atom. The molecule has 0 atom stereocenters. The highest BCUT2D eigenvalue weighted by Crippen LogP contribution is 2.34. The number of hydrogen-bond donors (Lipinski definition) is 0. The maximum atomic E-state index is 13.8. The number of thiophene rings is 1. The van der Waals surface area contributed by atoms with Crippen LogP contribution >= 0.6 is 11.3 Å². The van der Waals surface area contributed by atoms with E-state index < -0.39 is 0 Å². The van der Waals surface area contributed by atoms with Crippen molar-refractivity contribution in [1.82, 2.24) is 14.5 Å². The molecule has 0 saturated carbocycles. The fourth-order valence-electron chi connectivity index (χ4n) is 5.34. The van der Waals surface area contributed by atoms with Crippen molar-refractivity contribution in [2.45, 2.75) is 51.6 Å². The summed E-state index contributed by atoms with van der Waals surface area (Å²) in [6.45, 7) is 3.87. The van der Waals surface area contributed by atoms with E-state index in [1.807, 2.05) is 28.8 Å². The molecule has 2 aromatic carbocycles. The molecule has 2 aliphatic rings. The number of hydrogen-bond acceptors (Lipinski definition) is 5. The molecule has 5 nitrogen and oxygen atoms in total. The minimum absolute atomic E-state index is 0.120. The van der Waals surface area contributed by atoms with E-state index in [0.717, 1.165) is 71.5 Å². The smallest absolute Gasteiger partial charge is 0.262 e. The Morgan fingerprint density at radius 2 is 1.79 bits per heavy atom. The van der Waals surface area contributed by atoms with Gasteiger partial charge in [0.15, 0.2) is 0 Å². The van der Waals surface area contributed by atoms with Gasteiger partial charge in [-0.3, -0.25) is 14.3 Å².